The largest absolute Gasteiger partial charge is 0.388 e. The minimum Gasteiger partial charge on any atom is -0.388 e. The van der Waals surface area contributed by atoms with Gasteiger partial charge in [-0.05, 0) is 31.2 Å². The molecule has 1 aliphatic heterocycles. The fourth-order valence-electron chi connectivity index (χ4n) is 3.14. The SMILES string of the molecule is Cc1nc(S(=O)(=O)N2CCC([C@@H](O)c3ccccc3)CC2)cn1C. The molecule has 0 amide bonds. The van der Waals surface area contributed by atoms with Crippen molar-refractivity contribution in [2.24, 2.45) is 13.0 Å². The molecule has 7 heteroatoms. The summed E-state index contributed by atoms with van der Waals surface area (Å²) in [7, 11) is -1.78. The highest BCUT2D eigenvalue weighted by Crippen LogP contribution is 2.32. The van der Waals surface area contributed by atoms with E-state index in [0.717, 1.165) is 5.56 Å². The van der Waals surface area contributed by atoms with Crippen LogP contribution in [0, 0.1) is 12.8 Å². The lowest BCUT2D eigenvalue weighted by atomic mass is 9.88. The van der Waals surface area contributed by atoms with Gasteiger partial charge >= 0.3 is 0 Å². The molecule has 0 saturated carbocycles. The van der Waals surface area contributed by atoms with E-state index in [-0.39, 0.29) is 10.9 Å². The lowest BCUT2D eigenvalue weighted by molar-refractivity contribution is 0.0760. The van der Waals surface area contributed by atoms with Crippen LogP contribution in [0.1, 0.15) is 30.3 Å². The van der Waals surface area contributed by atoms with Gasteiger partial charge in [0, 0.05) is 26.3 Å². The molecule has 0 unspecified atom stereocenters. The van der Waals surface area contributed by atoms with Gasteiger partial charge in [0.05, 0.1) is 6.10 Å². The molecule has 0 bridgehead atoms. The molecule has 1 fully saturated rings. The molecule has 24 heavy (non-hydrogen) atoms. The Bertz CT molecular complexity index is 774. The van der Waals surface area contributed by atoms with Crippen molar-refractivity contribution in [1.82, 2.24) is 13.9 Å². The molecule has 2 aromatic rings. The van der Waals surface area contributed by atoms with Crippen LogP contribution in [-0.4, -0.2) is 40.5 Å². The van der Waals surface area contributed by atoms with E-state index in [2.05, 4.69) is 4.98 Å². The van der Waals surface area contributed by atoms with Crippen molar-refractivity contribution in [2.75, 3.05) is 13.1 Å². The predicted octanol–water partition coefficient (Wildman–Crippen LogP) is 1.86. The average molecular weight is 349 g/mol. The molecule has 1 aliphatic rings. The number of hydrogen-bond donors (Lipinski definition) is 1. The van der Waals surface area contributed by atoms with E-state index in [1.165, 1.54) is 4.31 Å². The number of rotatable bonds is 4. The first-order valence-corrected chi connectivity index (χ1v) is 9.56. The quantitative estimate of drug-likeness (QED) is 0.914. The van der Waals surface area contributed by atoms with Gasteiger partial charge in [-0.25, -0.2) is 13.4 Å². The molecule has 2 heterocycles. The summed E-state index contributed by atoms with van der Waals surface area (Å²) in [5.74, 6) is 0.743. The third-order valence-corrected chi connectivity index (χ3v) is 6.55. The summed E-state index contributed by atoms with van der Waals surface area (Å²) >= 11 is 0. The highest BCUT2D eigenvalue weighted by atomic mass is 32.2. The fourth-order valence-corrected chi connectivity index (χ4v) is 4.63. The van der Waals surface area contributed by atoms with Gasteiger partial charge in [-0.15, -0.1) is 0 Å². The molecule has 1 saturated heterocycles. The second kappa shape index (κ2) is 6.66. The van der Waals surface area contributed by atoms with E-state index in [1.54, 1.807) is 24.7 Å². The van der Waals surface area contributed by atoms with Crippen LogP contribution >= 0.6 is 0 Å². The molecule has 1 N–H and O–H groups in total. The van der Waals surface area contributed by atoms with Crippen molar-refractivity contribution in [2.45, 2.75) is 30.9 Å². The van der Waals surface area contributed by atoms with Crippen molar-refractivity contribution in [3.8, 4) is 0 Å². The van der Waals surface area contributed by atoms with Gasteiger partial charge in [0.15, 0.2) is 5.03 Å². The van der Waals surface area contributed by atoms with Gasteiger partial charge in [0.2, 0.25) is 0 Å². The van der Waals surface area contributed by atoms with Crippen LogP contribution in [0.15, 0.2) is 41.6 Å². The lowest BCUT2D eigenvalue weighted by Crippen LogP contribution is -2.39. The zero-order valence-electron chi connectivity index (χ0n) is 14.0. The van der Waals surface area contributed by atoms with E-state index in [4.69, 9.17) is 0 Å². The van der Waals surface area contributed by atoms with Crippen molar-refractivity contribution in [1.29, 1.82) is 0 Å². The topological polar surface area (TPSA) is 75.4 Å². The second-order valence-corrected chi connectivity index (χ2v) is 8.22. The first kappa shape index (κ1) is 17.1. The predicted molar refractivity (Wildman–Crippen MR) is 90.8 cm³/mol. The highest BCUT2D eigenvalue weighted by molar-refractivity contribution is 7.89. The number of aryl methyl sites for hydroxylation is 2. The minimum absolute atomic E-state index is 0.0734. The first-order chi connectivity index (χ1) is 11.4. The van der Waals surface area contributed by atoms with Crippen LogP contribution in [0.3, 0.4) is 0 Å². The van der Waals surface area contributed by atoms with Gasteiger partial charge in [-0.3, -0.25) is 0 Å². The monoisotopic (exact) mass is 349 g/mol. The Kier molecular flexibility index (Phi) is 4.76. The molecule has 130 valence electrons. The number of aromatic nitrogens is 2. The molecule has 3 rings (SSSR count). The summed E-state index contributed by atoms with van der Waals surface area (Å²) in [5, 5.41) is 10.6. The van der Waals surface area contributed by atoms with Gasteiger partial charge in [-0.1, -0.05) is 30.3 Å². The minimum atomic E-state index is -3.56. The summed E-state index contributed by atoms with van der Waals surface area (Å²) < 4.78 is 28.6. The Labute approximate surface area is 142 Å². The third-order valence-electron chi connectivity index (χ3n) is 4.78. The zero-order chi connectivity index (χ0) is 17.3. The number of aliphatic hydroxyl groups excluding tert-OH is 1. The Balaban J connectivity index is 1.68. The molecule has 1 aromatic heterocycles. The molecule has 1 atom stereocenters. The smallest absolute Gasteiger partial charge is 0.262 e. The summed E-state index contributed by atoms with van der Waals surface area (Å²) in [5.41, 5.74) is 0.888. The Morgan fingerprint density at radius 2 is 1.83 bits per heavy atom. The van der Waals surface area contributed by atoms with Crippen LogP contribution in [0.4, 0.5) is 0 Å². The summed E-state index contributed by atoms with van der Waals surface area (Å²) in [6.45, 7) is 2.60. The van der Waals surface area contributed by atoms with E-state index in [0.29, 0.717) is 31.8 Å². The van der Waals surface area contributed by atoms with Gasteiger partial charge in [-0.2, -0.15) is 4.31 Å². The van der Waals surface area contributed by atoms with E-state index in [9.17, 15) is 13.5 Å². The van der Waals surface area contributed by atoms with Crippen LogP contribution in [-0.2, 0) is 17.1 Å². The van der Waals surface area contributed by atoms with Gasteiger partial charge in [0.25, 0.3) is 10.0 Å². The number of imidazole rings is 1. The van der Waals surface area contributed by atoms with Crippen LogP contribution < -0.4 is 0 Å². The standard InChI is InChI=1S/C17H23N3O3S/c1-13-18-16(12-19(13)2)24(22,23)20-10-8-15(9-11-20)17(21)14-6-4-3-5-7-14/h3-7,12,15,17,21H,8-11H2,1-2H3/t17-/m0/s1. The molecular formula is C17H23N3O3S. The lowest BCUT2D eigenvalue weighted by Gasteiger charge is -2.33. The zero-order valence-corrected chi connectivity index (χ0v) is 14.8. The van der Waals surface area contributed by atoms with Crippen molar-refractivity contribution in [3.63, 3.8) is 0 Å². The van der Waals surface area contributed by atoms with E-state index >= 15 is 0 Å². The Morgan fingerprint density at radius 1 is 1.21 bits per heavy atom. The third kappa shape index (κ3) is 3.24. The molecule has 1 aromatic carbocycles. The molecule has 0 aliphatic carbocycles. The molecule has 0 radical (unpaired) electrons. The number of sulfonamides is 1. The van der Waals surface area contributed by atoms with Gasteiger partial charge in [0.1, 0.15) is 5.82 Å². The van der Waals surface area contributed by atoms with Gasteiger partial charge < -0.3 is 9.67 Å². The highest BCUT2D eigenvalue weighted by Gasteiger charge is 2.33. The van der Waals surface area contributed by atoms with Crippen LogP contribution in [0.2, 0.25) is 0 Å². The maximum absolute atomic E-state index is 12.7. The molecule has 0 spiro atoms. The number of aliphatic hydroxyl groups is 1. The van der Waals surface area contributed by atoms with Crippen molar-refractivity contribution >= 4 is 10.0 Å². The normalized spacial score (nSPS) is 18.6. The summed E-state index contributed by atoms with van der Waals surface area (Å²) in [6, 6.07) is 9.54. The van der Waals surface area contributed by atoms with Crippen LogP contribution in [0.25, 0.3) is 0 Å². The number of nitrogens with zero attached hydrogens (tertiary/aromatic N) is 3. The first-order valence-electron chi connectivity index (χ1n) is 8.12. The second-order valence-electron chi connectivity index (χ2n) is 6.33. The number of hydrogen-bond acceptors (Lipinski definition) is 4. The van der Waals surface area contributed by atoms with Crippen molar-refractivity contribution in [3.05, 3.63) is 47.9 Å². The van der Waals surface area contributed by atoms with E-state index < -0.39 is 16.1 Å². The number of benzene rings is 1. The maximum Gasteiger partial charge on any atom is 0.262 e. The maximum atomic E-state index is 12.7. The summed E-state index contributed by atoms with van der Waals surface area (Å²) in [6.07, 6.45) is 2.28. The molecule has 6 nitrogen and oxygen atoms in total. The fraction of sp³-hybridized carbons (Fsp3) is 0.471. The Morgan fingerprint density at radius 3 is 2.38 bits per heavy atom. The van der Waals surface area contributed by atoms with Crippen molar-refractivity contribution < 1.29 is 13.5 Å². The summed E-state index contributed by atoms with van der Waals surface area (Å²) in [4.78, 5) is 4.14. The molecular weight excluding hydrogens is 326 g/mol. The Hall–Kier alpha value is -1.70. The van der Waals surface area contributed by atoms with Crippen LogP contribution in [0.5, 0.6) is 0 Å². The van der Waals surface area contributed by atoms with E-state index in [1.807, 2.05) is 30.3 Å². The average Bonchev–Trinajstić information content (AvgIpc) is 2.95. The number of piperidine rings is 1.